The van der Waals surface area contributed by atoms with Crippen LogP contribution in [0.15, 0.2) is 24.3 Å². The van der Waals surface area contributed by atoms with Gasteiger partial charge in [0.1, 0.15) is 5.75 Å². The zero-order chi connectivity index (χ0) is 12.8. The Labute approximate surface area is 103 Å². The van der Waals surface area contributed by atoms with Gasteiger partial charge in [-0.15, -0.1) is 0 Å². The van der Waals surface area contributed by atoms with Crippen molar-refractivity contribution in [2.75, 3.05) is 28.0 Å². The molecule has 2 N–H and O–H groups in total. The molecule has 0 radical (unpaired) electrons. The van der Waals surface area contributed by atoms with Crippen molar-refractivity contribution in [3.63, 3.8) is 0 Å². The number of rotatable bonds is 6. The molecule has 0 bridgehead atoms. The monoisotopic (exact) mass is 238 g/mol. The summed E-state index contributed by atoms with van der Waals surface area (Å²) in [4.78, 5) is 2.12. The van der Waals surface area contributed by atoms with Gasteiger partial charge in [-0.3, -0.25) is 0 Å². The van der Waals surface area contributed by atoms with Crippen LogP contribution in [-0.4, -0.2) is 38.9 Å². The molecule has 0 spiro atoms. The molecule has 0 amide bonds. The summed E-state index contributed by atoms with van der Waals surface area (Å²) in [5.74, 6) is 0.804. The van der Waals surface area contributed by atoms with E-state index in [4.69, 9.17) is 15.2 Å². The van der Waals surface area contributed by atoms with Crippen molar-refractivity contribution < 1.29 is 9.47 Å². The minimum Gasteiger partial charge on any atom is -0.468 e. The van der Waals surface area contributed by atoms with E-state index in [0.29, 0.717) is 0 Å². The van der Waals surface area contributed by atoms with Gasteiger partial charge in [-0.05, 0) is 38.7 Å². The molecule has 4 nitrogen and oxygen atoms in total. The van der Waals surface area contributed by atoms with E-state index in [2.05, 4.69) is 4.90 Å². The van der Waals surface area contributed by atoms with Gasteiger partial charge in [0.2, 0.25) is 0 Å². The molecule has 17 heavy (non-hydrogen) atoms. The third-order valence-corrected chi connectivity index (χ3v) is 2.62. The van der Waals surface area contributed by atoms with Crippen molar-refractivity contribution in [2.45, 2.75) is 19.0 Å². The van der Waals surface area contributed by atoms with E-state index in [9.17, 15) is 0 Å². The highest BCUT2D eigenvalue weighted by molar-refractivity contribution is 5.29. The van der Waals surface area contributed by atoms with Crippen LogP contribution in [0.1, 0.15) is 18.5 Å². The molecule has 0 aliphatic carbocycles. The number of nitrogens with two attached hydrogens (primary N) is 1. The fraction of sp³-hybridized carbons (Fsp3) is 0.538. The van der Waals surface area contributed by atoms with E-state index >= 15 is 0 Å². The first-order chi connectivity index (χ1) is 8.06. The van der Waals surface area contributed by atoms with Crippen LogP contribution in [0.3, 0.4) is 0 Å². The van der Waals surface area contributed by atoms with E-state index in [1.807, 2.05) is 45.3 Å². The van der Waals surface area contributed by atoms with Gasteiger partial charge in [-0.25, -0.2) is 0 Å². The Kier molecular flexibility index (Phi) is 5.41. The van der Waals surface area contributed by atoms with E-state index in [-0.39, 0.29) is 18.9 Å². The van der Waals surface area contributed by atoms with Gasteiger partial charge in [0.25, 0.3) is 0 Å². The molecule has 1 aromatic carbocycles. The molecule has 0 saturated heterocycles. The maximum absolute atomic E-state index is 5.99. The molecule has 4 heteroatoms. The SMILES string of the molecule is COCOc1ccc([C@@H]([C@H](C)N)N(C)C)cc1. The average molecular weight is 238 g/mol. The topological polar surface area (TPSA) is 47.7 Å². The Morgan fingerprint density at radius 2 is 1.82 bits per heavy atom. The van der Waals surface area contributed by atoms with Gasteiger partial charge in [-0.2, -0.15) is 0 Å². The number of hydrogen-bond acceptors (Lipinski definition) is 4. The molecule has 2 atom stereocenters. The van der Waals surface area contributed by atoms with Crippen LogP contribution in [0.5, 0.6) is 5.75 Å². The highest BCUT2D eigenvalue weighted by atomic mass is 16.7. The van der Waals surface area contributed by atoms with Crippen molar-refractivity contribution >= 4 is 0 Å². The second-order valence-electron chi connectivity index (χ2n) is 4.39. The van der Waals surface area contributed by atoms with Crippen LogP contribution < -0.4 is 10.5 Å². The minimum atomic E-state index is 0.0794. The van der Waals surface area contributed by atoms with Crippen LogP contribution in [0.2, 0.25) is 0 Å². The van der Waals surface area contributed by atoms with Gasteiger partial charge in [-0.1, -0.05) is 12.1 Å². The lowest BCUT2D eigenvalue weighted by molar-refractivity contribution is 0.0511. The van der Waals surface area contributed by atoms with Crippen LogP contribution in [0.25, 0.3) is 0 Å². The lowest BCUT2D eigenvalue weighted by Crippen LogP contribution is -2.34. The molecule has 0 fully saturated rings. The molecule has 0 aliphatic rings. The summed E-state index contributed by atoms with van der Waals surface area (Å²) in [7, 11) is 5.67. The van der Waals surface area contributed by atoms with Gasteiger partial charge < -0.3 is 20.1 Å². The third-order valence-electron chi connectivity index (χ3n) is 2.62. The molecule has 1 rings (SSSR count). The van der Waals surface area contributed by atoms with Crippen molar-refractivity contribution in [2.24, 2.45) is 5.73 Å². The molecule has 0 unspecified atom stereocenters. The van der Waals surface area contributed by atoms with Crippen molar-refractivity contribution in [3.8, 4) is 5.75 Å². The maximum atomic E-state index is 5.99. The van der Waals surface area contributed by atoms with Gasteiger partial charge in [0, 0.05) is 19.2 Å². The van der Waals surface area contributed by atoms with Crippen LogP contribution in [0, 0.1) is 0 Å². The lowest BCUT2D eigenvalue weighted by Gasteiger charge is -2.28. The largest absolute Gasteiger partial charge is 0.468 e. The Morgan fingerprint density at radius 1 is 1.24 bits per heavy atom. The summed E-state index contributed by atoms with van der Waals surface area (Å²) >= 11 is 0. The maximum Gasteiger partial charge on any atom is 0.188 e. The lowest BCUT2D eigenvalue weighted by atomic mass is 10.00. The highest BCUT2D eigenvalue weighted by Crippen LogP contribution is 2.23. The number of likely N-dealkylation sites (N-methyl/N-ethyl adjacent to an activating group) is 1. The van der Waals surface area contributed by atoms with Crippen molar-refractivity contribution in [1.29, 1.82) is 0 Å². The van der Waals surface area contributed by atoms with E-state index in [1.54, 1.807) is 7.11 Å². The summed E-state index contributed by atoms with van der Waals surface area (Å²) in [5, 5.41) is 0. The summed E-state index contributed by atoms with van der Waals surface area (Å²) in [6.07, 6.45) is 0. The fourth-order valence-corrected chi connectivity index (χ4v) is 1.96. The van der Waals surface area contributed by atoms with E-state index in [0.717, 1.165) is 5.75 Å². The molecule has 96 valence electrons. The quantitative estimate of drug-likeness (QED) is 0.765. The van der Waals surface area contributed by atoms with Crippen LogP contribution in [0.4, 0.5) is 0 Å². The molecular weight excluding hydrogens is 216 g/mol. The highest BCUT2D eigenvalue weighted by Gasteiger charge is 2.18. The summed E-state index contributed by atoms with van der Waals surface area (Å²) < 4.78 is 10.2. The Balaban J connectivity index is 2.77. The number of benzene rings is 1. The molecule has 0 saturated carbocycles. The van der Waals surface area contributed by atoms with Crippen molar-refractivity contribution in [3.05, 3.63) is 29.8 Å². The van der Waals surface area contributed by atoms with Crippen LogP contribution in [-0.2, 0) is 4.74 Å². The zero-order valence-corrected chi connectivity index (χ0v) is 11.0. The van der Waals surface area contributed by atoms with Gasteiger partial charge >= 0.3 is 0 Å². The number of nitrogens with zero attached hydrogens (tertiary/aromatic N) is 1. The smallest absolute Gasteiger partial charge is 0.188 e. The summed E-state index contributed by atoms with van der Waals surface area (Å²) in [6.45, 7) is 2.28. The Morgan fingerprint density at radius 3 is 2.24 bits per heavy atom. The molecular formula is C13H22N2O2. The molecule has 1 aromatic rings. The van der Waals surface area contributed by atoms with Crippen molar-refractivity contribution in [1.82, 2.24) is 4.90 Å². The minimum absolute atomic E-state index is 0.0794. The van der Waals surface area contributed by atoms with Gasteiger partial charge in [0.05, 0.1) is 0 Å². The van der Waals surface area contributed by atoms with Crippen LogP contribution >= 0.6 is 0 Å². The van der Waals surface area contributed by atoms with Gasteiger partial charge in [0.15, 0.2) is 6.79 Å². The number of ether oxygens (including phenoxy) is 2. The molecule has 0 aliphatic heterocycles. The molecule has 0 aromatic heterocycles. The first-order valence-corrected chi connectivity index (χ1v) is 5.70. The normalized spacial score (nSPS) is 14.7. The summed E-state index contributed by atoms with van der Waals surface area (Å²) in [6, 6.07) is 8.25. The Hall–Kier alpha value is -1.10. The first-order valence-electron chi connectivity index (χ1n) is 5.70. The number of hydrogen-bond donors (Lipinski definition) is 1. The predicted octanol–water partition coefficient (Wildman–Crippen LogP) is 1.62. The standard InChI is InChI=1S/C13H22N2O2/c1-10(14)13(15(2)3)11-5-7-12(8-6-11)17-9-16-4/h5-8,10,13H,9,14H2,1-4H3/t10-,13+/m0/s1. The molecule has 0 heterocycles. The third kappa shape index (κ3) is 4.00. The fourth-order valence-electron chi connectivity index (χ4n) is 1.96. The first kappa shape index (κ1) is 14.0. The Bertz CT molecular complexity index is 315. The number of methoxy groups -OCH3 is 1. The second-order valence-corrected chi connectivity index (χ2v) is 4.39. The average Bonchev–Trinajstić information content (AvgIpc) is 2.27. The zero-order valence-electron chi connectivity index (χ0n) is 11.0. The second kappa shape index (κ2) is 6.59. The van der Waals surface area contributed by atoms with E-state index < -0.39 is 0 Å². The van der Waals surface area contributed by atoms with E-state index in [1.165, 1.54) is 5.56 Å². The predicted molar refractivity (Wildman–Crippen MR) is 69.0 cm³/mol. The summed E-state index contributed by atoms with van der Waals surface area (Å²) in [5.41, 5.74) is 7.18.